The summed E-state index contributed by atoms with van der Waals surface area (Å²) >= 11 is 0. The zero-order valence-corrected chi connectivity index (χ0v) is 12.6. The van der Waals surface area contributed by atoms with Gasteiger partial charge in [-0.25, -0.2) is 0 Å². The van der Waals surface area contributed by atoms with Crippen LogP contribution in [0.15, 0.2) is 29.8 Å². The number of hydrogen-bond acceptors (Lipinski definition) is 4. The molecule has 2 N–H and O–H groups in total. The molecule has 3 rings (SSSR count). The number of allylic oxidation sites excluding steroid dienone is 1. The second-order valence-electron chi connectivity index (χ2n) is 5.52. The van der Waals surface area contributed by atoms with E-state index in [1.807, 2.05) is 6.07 Å². The number of benzene rings is 1. The van der Waals surface area contributed by atoms with Crippen molar-refractivity contribution in [1.82, 2.24) is 0 Å². The van der Waals surface area contributed by atoms with Gasteiger partial charge in [0.2, 0.25) is 0 Å². The third-order valence-electron chi connectivity index (χ3n) is 3.96. The van der Waals surface area contributed by atoms with Crippen LogP contribution in [-0.4, -0.2) is 21.1 Å². The number of ether oxygens (including phenoxy) is 1. The van der Waals surface area contributed by atoms with Crippen molar-refractivity contribution in [2.24, 2.45) is 5.14 Å². The van der Waals surface area contributed by atoms with Crippen molar-refractivity contribution in [3.63, 3.8) is 0 Å². The van der Waals surface area contributed by atoms with Crippen LogP contribution >= 0.6 is 0 Å². The van der Waals surface area contributed by atoms with Crippen molar-refractivity contribution in [3.8, 4) is 5.75 Å². The summed E-state index contributed by atoms with van der Waals surface area (Å²) in [5.74, 6) is 0.266. The minimum Gasteiger partial charge on any atom is -0.374 e. The molecule has 1 unspecified atom stereocenters. The highest BCUT2D eigenvalue weighted by Crippen LogP contribution is 2.30. The predicted octanol–water partition coefficient (Wildman–Crippen LogP) is 1.86. The Morgan fingerprint density at radius 3 is 2.81 bits per heavy atom. The number of hydrogen-bond donors (Lipinski definition) is 1. The van der Waals surface area contributed by atoms with Crippen LogP contribution in [0.25, 0.3) is 0 Å². The minimum atomic E-state index is -3.97. The van der Waals surface area contributed by atoms with Crippen molar-refractivity contribution in [1.29, 1.82) is 0 Å². The third-order valence-corrected chi connectivity index (χ3v) is 4.39. The van der Waals surface area contributed by atoms with Gasteiger partial charge in [-0.2, -0.15) is 13.6 Å². The average molecular weight is 309 g/mol. The highest BCUT2D eigenvalue weighted by Gasteiger charge is 2.22. The first-order valence-electron chi connectivity index (χ1n) is 7.16. The Morgan fingerprint density at radius 1 is 1.24 bits per heavy atom. The average Bonchev–Trinajstić information content (AvgIpc) is 2.46. The van der Waals surface area contributed by atoms with Gasteiger partial charge in [0.25, 0.3) is 0 Å². The van der Waals surface area contributed by atoms with Gasteiger partial charge in [0.05, 0.1) is 6.10 Å². The first kappa shape index (κ1) is 14.6. The first-order valence-corrected chi connectivity index (χ1v) is 8.63. The van der Waals surface area contributed by atoms with Crippen LogP contribution in [0, 0.1) is 0 Å². The lowest BCUT2D eigenvalue weighted by Crippen LogP contribution is -2.24. The van der Waals surface area contributed by atoms with Gasteiger partial charge in [-0.1, -0.05) is 12.1 Å². The van der Waals surface area contributed by atoms with E-state index in [2.05, 4.69) is 6.08 Å². The minimum absolute atomic E-state index is 0.243. The molecule has 1 atom stereocenters. The van der Waals surface area contributed by atoms with Crippen molar-refractivity contribution < 1.29 is 17.3 Å². The summed E-state index contributed by atoms with van der Waals surface area (Å²) in [6.07, 6.45) is 7.52. The maximum absolute atomic E-state index is 11.0. The fraction of sp³-hybridized carbons (Fsp3) is 0.467. The van der Waals surface area contributed by atoms with Crippen molar-refractivity contribution in [2.45, 2.75) is 38.2 Å². The summed E-state index contributed by atoms with van der Waals surface area (Å²) in [6.45, 7) is 0.843. The van der Waals surface area contributed by atoms with E-state index < -0.39 is 10.3 Å². The van der Waals surface area contributed by atoms with Crippen LogP contribution in [0.3, 0.4) is 0 Å². The molecule has 1 saturated heterocycles. The van der Waals surface area contributed by atoms with Gasteiger partial charge in [-0.05, 0) is 60.9 Å². The lowest BCUT2D eigenvalue weighted by atomic mass is 9.87. The lowest BCUT2D eigenvalue weighted by molar-refractivity contribution is 0.0376. The maximum atomic E-state index is 11.0. The molecule has 1 aliphatic heterocycles. The fourth-order valence-electron chi connectivity index (χ4n) is 2.96. The number of rotatable bonds is 3. The van der Waals surface area contributed by atoms with Crippen LogP contribution in [0.2, 0.25) is 0 Å². The molecule has 0 radical (unpaired) electrons. The Kier molecular flexibility index (Phi) is 4.01. The van der Waals surface area contributed by atoms with Crippen molar-refractivity contribution in [3.05, 3.63) is 41.0 Å². The Balaban J connectivity index is 1.75. The predicted molar refractivity (Wildman–Crippen MR) is 79.3 cm³/mol. The van der Waals surface area contributed by atoms with E-state index in [0.29, 0.717) is 0 Å². The van der Waals surface area contributed by atoms with Crippen molar-refractivity contribution >= 4 is 10.3 Å². The quantitative estimate of drug-likeness (QED) is 0.864. The Bertz CT molecular complexity index is 660. The Morgan fingerprint density at radius 2 is 2.10 bits per heavy atom. The van der Waals surface area contributed by atoms with Gasteiger partial charge >= 0.3 is 10.3 Å². The second kappa shape index (κ2) is 5.79. The van der Waals surface area contributed by atoms with Gasteiger partial charge in [0, 0.05) is 6.61 Å². The molecule has 114 valence electrons. The molecule has 1 aliphatic carbocycles. The summed E-state index contributed by atoms with van der Waals surface area (Å²) < 4.78 is 32.5. The largest absolute Gasteiger partial charge is 0.380 e. The molecule has 21 heavy (non-hydrogen) atoms. The smallest absolute Gasteiger partial charge is 0.374 e. The summed E-state index contributed by atoms with van der Waals surface area (Å²) in [5.41, 5.74) is 3.61. The van der Waals surface area contributed by atoms with Crippen LogP contribution in [-0.2, 0) is 27.9 Å². The standard InChI is InChI=1S/C15H19NO4S/c16-21(17,18)20-14-7-6-11-9-13(5-4-12(11)10-14)15-3-1-2-8-19-15/h5-7,10,15H,1-4,8-9H2,(H2,16,17,18). The molecule has 6 heteroatoms. The summed E-state index contributed by atoms with van der Waals surface area (Å²) in [5, 5.41) is 4.88. The van der Waals surface area contributed by atoms with E-state index in [9.17, 15) is 8.42 Å². The molecule has 0 amide bonds. The maximum Gasteiger partial charge on any atom is 0.380 e. The molecular weight excluding hydrogens is 290 g/mol. The lowest BCUT2D eigenvalue weighted by Gasteiger charge is -2.28. The van der Waals surface area contributed by atoms with Gasteiger partial charge < -0.3 is 8.92 Å². The topological polar surface area (TPSA) is 78.6 Å². The molecule has 1 aromatic rings. The van der Waals surface area contributed by atoms with Gasteiger partial charge in [-0.3, -0.25) is 0 Å². The van der Waals surface area contributed by atoms with Gasteiger partial charge in [-0.15, -0.1) is 0 Å². The Hall–Kier alpha value is -1.37. The first-order chi connectivity index (χ1) is 10.0. The van der Waals surface area contributed by atoms with E-state index in [4.69, 9.17) is 14.1 Å². The van der Waals surface area contributed by atoms with E-state index in [1.165, 1.54) is 17.6 Å². The van der Waals surface area contributed by atoms with Gasteiger partial charge in [0.15, 0.2) is 0 Å². The zero-order chi connectivity index (χ0) is 14.9. The number of nitrogens with two attached hydrogens (primary N) is 1. The molecule has 0 aromatic heterocycles. The summed E-state index contributed by atoms with van der Waals surface area (Å²) in [6, 6.07) is 5.30. The molecule has 5 nitrogen and oxygen atoms in total. The van der Waals surface area contributed by atoms with Crippen LogP contribution in [0.5, 0.6) is 5.75 Å². The molecule has 0 saturated carbocycles. The molecular formula is C15H19NO4S. The monoisotopic (exact) mass is 309 g/mol. The highest BCUT2D eigenvalue weighted by molar-refractivity contribution is 7.84. The summed E-state index contributed by atoms with van der Waals surface area (Å²) in [7, 11) is -3.97. The summed E-state index contributed by atoms with van der Waals surface area (Å²) in [4.78, 5) is 0. The molecule has 2 aliphatic rings. The molecule has 1 heterocycles. The van der Waals surface area contributed by atoms with Crippen LogP contribution < -0.4 is 9.32 Å². The normalized spacial score (nSPS) is 22.3. The van der Waals surface area contributed by atoms with Crippen LogP contribution in [0.1, 0.15) is 30.4 Å². The molecule has 1 aromatic carbocycles. The van der Waals surface area contributed by atoms with E-state index in [-0.39, 0.29) is 11.9 Å². The fourth-order valence-corrected chi connectivity index (χ4v) is 3.33. The highest BCUT2D eigenvalue weighted by atomic mass is 32.2. The third kappa shape index (κ3) is 3.64. The second-order valence-corrected chi connectivity index (χ2v) is 6.67. The van der Waals surface area contributed by atoms with E-state index in [1.54, 1.807) is 12.1 Å². The van der Waals surface area contributed by atoms with Crippen molar-refractivity contribution in [2.75, 3.05) is 6.61 Å². The zero-order valence-electron chi connectivity index (χ0n) is 11.7. The van der Waals surface area contributed by atoms with E-state index in [0.717, 1.165) is 37.9 Å². The van der Waals surface area contributed by atoms with Gasteiger partial charge in [0.1, 0.15) is 5.75 Å². The molecule has 0 bridgehead atoms. The SMILES string of the molecule is NS(=O)(=O)Oc1ccc2c(c1)CC=C(C1CCCCO1)C2. The Labute approximate surface area is 125 Å². The number of fused-ring (bicyclic) bond motifs is 1. The van der Waals surface area contributed by atoms with E-state index >= 15 is 0 Å². The van der Waals surface area contributed by atoms with Crippen LogP contribution in [0.4, 0.5) is 0 Å². The molecule has 1 fully saturated rings. The molecule has 0 spiro atoms.